The molecule has 0 aliphatic rings. The molecule has 0 aromatic carbocycles. The molecule has 5 nitrogen and oxygen atoms in total. The van der Waals surface area contributed by atoms with Crippen molar-refractivity contribution in [1.29, 1.82) is 0 Å². The number of aryl methyl sites for hydroxylation is 2. The van der Waals surface area contributed by atoms with E-state index >= 15 is 0 Å². The van der Waals surface area contributed by atoms with E-state index in [4.69, 9.17) is 4.42 Å². The molecule has 3 aromatic heterocycles. The second-order valence-corrected chi connectivity index (χ2v) is 6.10. The number of rotatable bonds is 5. The Bertz CT molecular complexity index is 745. The van der Waals surface area contributed by atoms with Crippen molar-refractivity contribution in [3.63, 3.8) is 0 Å². The minimum absolute atomic E-state index is 0.00967. The Morgan fingerprint density at radius 1 is 1.45 bits per heavy atom. The maximum Gasteiger partial charge on any atom is 0.254 e. The second-order valence-electron chi connectivity index (χ2n) is 5.12. The number of furan rings is 1. The van der Waals surface area contributed by atoms with Gasteiger partial charge in [0.15, 0.2) is 0 Å². The van der Waals surface area contributed by atoms with Crippen molar-refractivity contribution in [2.24, 2.45) is 0 Å². The van der Waals surface area contributed by atoms with Crippen molar-refractivity contribution in [3.05, 3.63) is 64.0 Å². The maximum atomic E-state index is 12.1. The smallest absolute Gasteiger partial charge is 0.254 e. The standard InChI is InChI=1S/C16H17N3O2S/c1-11-8-12(2)19(18-11)14(15-4-3-7-22-15)9-17-16(20)13-5-6-21-10-13/h3-8,10,14H,9H2,1-2H3,(H,17,20). The van der Waals surface area contributed by atoms with E-state index in [1.807, 2.05) is 36.0 Å². The largest absolute Gasteiger partial charge is 0.472 e. The first kappa shape index (κ1) is 14.6. The Hall–Kier alpha value is -2.34. The molecule has 3 rings (SSSR count). The molecule has 0 saturated heterocycles. The van der Waals surface area contributed by atoms with E-state index < -0.39 is 0 Å². The Kier molecular flexibility index (Phi) is 4.11. The molecule has 0 aliphatic carbocycles. The zero-order chi connectivity index (χ0) is 15.5. The van der Waals surface area contributed by atoms with E-state index in [0.29, 0.717) is 12.1 Å². The van der Waals surface area contributed by atoms with Gasteiger partial charge in [0, 0.05) is 17.1 Å². The van der Waals surface area contributed by atoms with Crippen molar-refractivity contribution in [2.45, 2.75) is 19.9 Å². The van der Waals surface area contributed by atoms with Gasteiger partial charge in [-0.15, -0.1) is 11.3 Å². The molecule has 3 aromatic rings. The fourth-order valence-electron chi connectivity index (χ4n) is 2.44. The lowest BCUT2D eigenvalue weighted by Gasteiger charge is -2.18. The van der Waals surface area contributed by atoms with Gasteiger partial charge >= 0.3 is 0 Å². The Morgan fingerprint density at radius 3 is 2.91 bits per heavy atom. The van der Waals surface area contributed by atoms with Crippen LogP contribution in [0.4, 0.5) is 0 Å². The van der Waals surface area contributed by atoms with E-state index in [1.54, 1.807) is 17.4 Å². The first-order valence-electron chi connectivity index (χ1n) is 7.01. The molecular formula is C16H17N3O2S. The zero-order valence-corrected chi connectivity index (χ0v) is 13.3. The quantitative estimate of drug-likeness (QED) is 0.786. The van der Waals surface area contributed by atoms with E-state index in [0.717, 1.165) is 11.4 Å². The third-order valence-electron chi connectivity index (χ3n) is 3.45. The summed E-state index contributed by atoms with van der Waals surface area (Å²) in [6.45, 7) is 4.48. The highest BCUT2D eigenvalue weighted by molar-refractivity contribution is 7.10. The summed E-state index contributed by atoms with van der Waals surface area (Å²) in [6, 6.07) is 7.76. The fourth-order valence-corrected chi connectivity index (χ4v) is 3.25. The third kappa shape index (κ3) is 2.96. The lowest BCUT2D eigenvalue weighted by atomic mass is 10.2. The summed E-state index contributed by atoms with van der Waals surface area (Å²) in [7, 11) is 0. The van der Waals surface area contributed by atoms with Crippen LogP contribution < -0.4 is 5.32 Å². The van der Waals surface area contributed by atoms with Crippen molar-refractivity contribution in [2.75, 3.05) is 6.54 Å². The Balaban J connectivity index is 1.81. The summed E-state index contributed by atoms with van der Waals surface area (Å²) in [5.74, 6) is -0.142. The van der Waals surface area contributed by atoms with Crippen LogP contribution in [0.1, 0.15) is 32.7 Å². The van der Waals surface area contributed by atoms with Gasteiger partial charge in [0.2, 0.25) is 0 Å². The predicted molar refractivity (Wildman–Crippen MR) is 85.2 cm³/mol. The van der Waals surface area contributed by atoms with Gasteiger partial charge in [-0.3, -0.25) is 9.48 Å². The molecule has 0 fully saturated rings. The third-order valence-corrected chi connectivity index (χ3v) is 4.42. The number of carbonyl (C=O) groups excluding carboxylic acids is 1. The average Bonchev–Trinajstić information content (AvgIpc) is 3.22. The van der Waals surface area contributed by atoms with Gasteiger partial charge in [0.1, 0.15) is 12.3 Å². The number of aromatic nitrogens is 2. The number of nitrogens with zero attached hydrogens (tertiary/aromatic N) is 2. The van der Waals surface area contributed by atoms with Crippen molar-refractivity contribution >= 4 is 17.2 Å². The molecule has 114 valence electrons. The van der Waals surface area contributed by atoms with Gasteiger partial charge in [-0.25, -0.2) is 0 Å². The topological polar surface area (TPSA) is 60.1 Å². The highest BCUT2D eigenvalue weighted by Crippen LogP contribution is 2.24. The Morgan fingerprint density at radius 2 is 2.32 bits per heavy atom. The highest BCUT2D eigenvalue weighted by atomic mass is 32.1. The normalized spacial score (nSPS) is 12.3. The molecule has 6 heteroatoms. The van der Waals surface area contributed by atoms with Gasteiger partial charge in [-0.1, -0.05) is 6.07 Å². The van der Waals surface area contributed by atoms with Gasteiger partial charge in [-0.2, -0.15) is 5.10 Å². The summed E-state index contributed by atoms with van der Waals surface area (Å²) in [5, 5.41) is 9.55. The van der Waals surface area contributed by atoms with Gasteiger partial charge < -0.3 is 9.73 Å². The molecule has 1 unspecified atom stereocenters. The Labute approximate surface area is 132 Å². The number of hydrogen-bond donors (Lipinski definition) is 1. The van der Waals surface area contributed by atoms with E-state index in [9.17, 15) is 4.79 Å². The average molecular weight is 315 g/mol. The lowest BCUT2D eigenvalue weighted by molar-refractivity contribution is 0.0948. The molecule has 22 heavy (non-hydrogen) atoms. The minimum atomic E-state index is -0.142. The van der Waals surface area contributed by atoms with Crippen molar-refractivity contribution < 1.29 is 9.21 Å². The number of thiophene rings is 1. The number of nitrogens with one attached hydrogen (secondary N) is 1. The van der Waals surface area contributed by atoms with Crippen molar-refractivity contribution in [1.82, 2.24) is 15.1 Å². The molecule has 0 bridgehead atoms. The molecular weight excluding hydrogens is 298 g/mol. The number of amides is 1. The summed E-state index contributed by atoms with van der Waals surface area (Å²) in [6.07, 6.45) is 2.94. The number of carbonyl (C=O) groups is 1. The predicted octanol–water partition coefficient (Wildman–Crippen LogP) is 3.17. The van der Waals surface area contributed by atoms with Crippen LogP contribution >= 0.6 is 11.3 Å². The van der Waals surface area contributed by atoms with E-state index in [-0.39, 0.29) is 11.9 Å². The molecule has 1 atom stereocenters. The molecule has 0 saturated carbocycles. The van der Waals surface area contributed by atoms with E-state index in [1.165, 1.54) is 17.4 Å². The highest BCUT2D eigenvalue weighted by Gasteiger charge is 2.19. The first-order valence-corrected chi connectivity index (χ1v) is 7.89. The number of hydrogen-bond acceptors (Lipinski definition) is 4. The van der Waals surface area contributed by atoms with Crippen LogP contribution in [0.25, 0.3) is 0 Å². The monoisotopic (exact) mass is 315 g/mol. The van der Waals surface area contributed by atoms with Crippen LogP contribution in [0.2, 0.25) is 0 Å². The van der Waals surface area contributed by atoms with Gasteiger partial charge in [-0.05, 0) is 37.4 Å². The molecule has 3 heterocycles. The molecule has 0 aliphatic heterocycles. The second kappa shape index (κ2) is 6.19. The maximum absolute atomic E-state index is 12.1. The van der Waals surface area contributed by atoms with Crippen LogP contribution in [-0.2, 0) is 0 Å². The van der Waals surface area contributed by atoms with Crippen LogP contribution in [0, 0.1) is 13.8 Å². The molecule has 0 spiro atoms. The van der Waals surface area contributed by atoms with Crippen molar-refractivity contribution in [3.8, 4) is 0 Å². The van der Waals surface area contributed by atoms with Gasteiger partial charge in [0.05, 0.1) is 17.5 Å². The molecule has 0 radical (unpaired) electrons. The summed E-state index contributed by atoms with van der Waals surface area (Å²) in [4.78, 5) is 13.3. The van der Waals surface area contributed by atoms with E-state index in [2.05, 4.69) is 16.5 Å². The summed E-state index contributed by atoms with van der Waals surface area (Å²) < 4.78 is 6.91. The van der Waals surface area contributed by atoms with Crippen LogP contribution in [-0.4, -0.2) is 22.2 Å². The van der Waals surface area contributed by atoms with Crippen LogP contribution in [0.15, 0.2) is 46.6 Å². The SMILES string of the molecule is Cc1cc(C)n(C(CNC(=O)c2ccoc2)c2cccs2)n1. The first-order chi connectivity index (χ1) is 10.6. The fraction of sp³-hybridized carbons (Fsp3) is 0.250. The minimum Gasteiger partial charge on any atom is -0.472 e. The van der Waals surface area contributed by atoms with Gasteiger partial charge in [0.25, 0.3) is 5.91 Å². The molecule has 1 amide bonds. The summed E-state index contributed by atoms with van der Waals surface area (Å²) >= 11 is 1.66. The van der Waals surface area contributed by atoms with Crippen LogP contribution in [0.3, 0.4) is 0 Å². The summed E-state index contributed by atoms with van der Waals surface area (Å²) in [5.41, 5.74) is 2.58. The van der Waals surface area contributed by atoms with Crippen LogP contribution in [0.5, 0.6) is 0 Å². The lowest BCUT2D eigenvalue weighted by Crippen LogP contribution is -2.31. The molecule has 1 N–H and O–H groups in total. The zero-order valence-electron chi connectivity index (χ0n) is 12.4.